The number of nitrogens with one attached hydrogen (secondary N) is 1. The zero-order valence-corrected chi connectivity index (χ0v) is 18.0. The smallest absolute Gasteiger partial charge is 0.261 e. The lowest BCUT2D eigenvalue weighted by molar-refractivity contribution is -0.138. The average molecular weight is 458 g/mol. The fourth-order valence-corrected chi connectivity index (χ4v) is 4.20. The van der Waals surface area contributed by atoms with E-state index in [-0.39, 0.29) is 13.2 Å². The number of ether oxygens (including phenoxy) is 1. The van der Waals surface area contributed by atoms with E-state index in [0.29, 0.717) is 22.6 Å². The lowest BCUT2D eigenvalue weighted by Gasteiger charge is -2.30. The lowest BCUT2D eigenvalue weighted by Crippen LogP contribution is -2.41. The molecule has 0 saturated heterocycles. The predicted octanol–water partition coefficient (Wildman–Crippen LogP) is 5.07. The van der Waals surface area contributed by atoms with E-state index in [0.717, 1.165) is 10.8 Å². The second kappa shape index (κ2) is 8.94. The van der Waals surface area contributed by atoms with Crippen LogP contribution in [0, 0.1) is 11.6 Å². The van der Waals surface area contributed by atoms with Crippen molar-refractivity contribution in [1.82, 2.24) is 4.90 Å². The summed E-state index contributed by atoms with van der Waals surface area (Å²) >= 11 is 0. The van der Waals surface area contributed by atoms with Crippen LogP contribution in [0.25, 0.3) is 10.8 Å². The van der Waals surface area contributed by atoms with Crippen LogP contribution < -0.4 is 10.1 Å². The molecule has 0 saturated carbocycles. The van der Waals surface area contributed by atoms with Gasteiger partial charge in [0, 0.05) is 11.3 Å². The summed E-state index contributed by atoms with van der Waals surface area (Å²) < 4.78 is 33.6. The van der Waals surface area contributed by atoms with Gasteiger partial charge in [0.05, 0.1) is 6.04 Å². The van der Waals surface area contributed by atoms with Crippen LogP contribution in [0.3, 0.4) is 0 Å². The van der Waals surface area contributed by atoms with Gasteiger partial charge >= 0.3 is 0 Å². The van der Waals surface area contributed by atoms with E-state index in [2.05, 4.69) is 5.32 Å². The van der Waals surface area contributed by atoms with Crippen LogP contribution in [0.2, 0.25) is 0 Å². The highest BCUT2D eigenvalue weighted by atomic mass is 19.1. The molecule has 1 heterocycles. The van der Waals surface area contributed by atoms with Gasteiger partial charge in [-0.1, -0.05) is 42.5 Å². The van der Waals surface area contributed by atoms with Crippen molar-refractivity contribution in [2.75, 3.05) is 18.5 Å². The first kappa shape index (κ1) is 21.6. The van der Waals surface area contributed by atoms with Crippen molar-refractivity contribution in [2.24, 2.45) is 0 Å². The fourth-order valence-electron chi connectivity index (χ4n) is 4.20. The third kappa shape index (κ3) is 4.32. The summed E-state index contributed by atoms with van der Waals surface area (Å²) in [6.07, 6.45) is 0. The number of carbonyl (C=O) groups is 2. The molecule has 0 fully saturated rings. The van der Waals surface area contributed by atoms with Gasteiger partial charge in [-0.05, 0) is 58.8 Å². The highest BCUT2D eigenvalue weighted by Gasteiger charge is 2.34. The Balaban J connectivity index is 1.48. The summed E-state index contributed by atoms with van der Waals surface area (Å²) in [7, 11) is 0. The Labute approximate surface area is 194 Å². The molecule has 1 N–H and O–H groups in total. The van der Waals surface area contributed by atoms with E-state index in [1.807, 2.05) is 36.4 Å². The van der Waals surface area contributed by atoms with Crippen molar-refractivity contribution in [3.8, 4) is 5.75 Å². The number of nitrogens with zero attached hydrogens (tertiary/aromatic N) is 1. The van der Waals surface area contributed by atoms with Gasteiger partial charge in [-0.3, -0.25) is 9.59 Å². The van der Waals surface area contributed by atoms with Crippen LogP contribution in [-0.2, 0) is 9.59 Å². The molecule has 7 heteroatoms. The number of halogens is 2. The van der Waals surface area contributed by atoms with Gasteiger partial charge in [0.25, 0.3) is 5.91 Å². The molecular weight excluding hydrogens is 438 g/mol. The number of fused-ring (bicyclic) bond motifs is 2. The third-order valence-corrected chi connectivity index (χ3v) is 5.80. The Kier molecular flexibility index (Phi) is 5.67. The Morgan fingerprint density at radius 2 is 1.65 bits per heavy atom. The molecule has 5 rings (SSSR count). The molecule has 34 heavy (non-hydrogen) atoms. The summed E-state index contributed by atoms with van der Waals surface area (Å²) in [5.41, 5.74) is 1.34. The Morgan fingerprint density at radius 3 is 2.44 bits per heavy atom. The molecule has 2 amide bonds. The number of benzene rings is 4. The molecule has 0 spiro atoms. The standard InChI is InChI=1S/C27H20F2N2O3/c28-20-8-5-18(6-9-20)27-23-14-21(29)10-12-24(23)30-25(32)15-31(27)26(33)16-34-22-11-7-17-3-1-2-4-19(17)13-22/h1-14,27H,15-16H2,(H,30,32)/t27-/m0/s1. The summed E-state index contributed by atoms with van der Waals surface area (Å²) in [5.74, 6) is -1.33. The van der Waals surface area contributed by atoms with Gasteiger partial charge in [0.1, 0.15) is 23.9 Å². The summed E-state index contributed by atoms with van der Waals surface area (Å²) in [6.45, 7) is -0.591. The maximum Gasteiger partial charge on any atom is 0.261 e. The highest BCUT2D eigenvalue weighted by Crippen LogP contribution is 2.36. The Bertz CT molecular complexity index is 1390. The van der Waals surface area contributed by atoms with E-state index in [1.54, 1.807) is 6.07 Å². The summed E-state index contributed by atoms with van der Waals surface area (Å²) in [6, 6.07) is 22.0. The first-order valence-corrected chi connectivity index (χ1v) is 10.7. The number of anilines is 1. The molecule has 4 aromatic carbocycles. The minimum absolute atomic E-state index is 0.266. The number of carbonyl (C=O) groups excluding carboxylic acids is 2. The minimum Gasteiger partial charge on any atom is -0.484 e. The largest absolute Gasteiger partial charge is 0.484 e. The van der Waals surface area contributed by atoms with Gasteiger partial charge in [-0.25, -0.2) is 8.78 Å². The summed E-state index contributed by atoms with van der Waals surface area (Å²) in [4.78, 5) is 27.3. The third-order valence-electron chi connectivity index (χ3n) is 5.80. The van der Waals surface area contributed by atoms with Gasteiger partial charge < -0.3 is 15.0 Å². The van der Waals surface area contributed by atoms with Crippen LogP contribution in [0.4, 0.5) is 14.5 Å². The molecule has 0 bridgehead atoms. The first-order valence-electron chi connectivity index (χ1n) is 10.7. The molecule has 1 aliphatic heterocycles. The molecule has 5 nitrogen and oxygen atoms in total. The monoisotopic (exact) mass is 458 g/mol. The van der Waals surface area contributed by atoms with Crippen LogP contribution in [0.15, 0.2) is 84.9 Å². The van der Waals surface area contributed by atoms with E-state index < -0.39 is 29.5 Å². The maximum atomic E-state index is 14.2. The quantitative estimate of drug-likeness (QED) is 0.465. The normalized spacial score (nSPS) is 15.4. The van der Waals surface area contributed by atoms with Crippen LogP contribution in [0.1, 0.15) is 17.2 Å². The second-order valence-corrected chi connectivity index (χ2v) is 8.05. The van der Waals surface area contributed by atoms with Crippen LogP contribution in [-0.4, -0.2) is 29.9 Å². The second-order valence-electron chi connectivity index (χ2n) is 8.05. The van der Waals surface area contributed by atoms with Crippen LogP contribution >= 0.6 is 0 Å². The molecule has 170 valence electrons. The van der Waals surface area contributed by atoms with Gasteiger partial charge in [-0.2, -0.15) is 0 Å². The molecule has 0 aromatic heterocycles. The number of amides is 2. The van der Waals surface area contributed by atoms with Gasteiger partial charge in [-0.15, -0.1) is 0 Å². The van der Waals surface area contributed by atoms with Crippen molar-refractivity contribution < 1.29 is 23.1 Å². The Hall–Kier alpha value is -4.26. The lowest BCUT2D eigenvalue weighted by atomic mass is 9.95. The summed E-state index contributed by atoms with van der Waals surface area (Å²) in [5, 5.41) is 4.73. The SMILES string of the molecule is O=C1CN(C(=O)COc2ccc3ccccc3c2)[C@@H](c2ccc(F)cc2)c2cc(F)ccc2N1. The highest BCUT2D eigenvalue weighted by molar-refractivity contribution is 5.97. The first-order chi connectivity index (χ1) is 16.5. The zero-order valence-electron chi connectivity index (χ0n) is 18.0. The molecule has 0 aliphatic carbocycles. The van der Waals surface area contributed by atoms with Crippen molar-refractivity contribution in [2.45, 2.75) is 6.04 Å². The van der Waals surface area contributed by atoms with E-state index >= 15 is 0 Å². The molecular formula is C27H20F2N2O3. The van der Waals surface area contributed by atoms with Crippen molar-refractivity contribution in [3.63, 3.8) is 0 Å². The minimum atomic E-state index is -0.807. The van der Waals surface area contributed by atoms with Gasteiger partial charge in [0.15, 0.2) is 6.61 Å². The van der Waals surface area contributed by atoms with E-state index in [1.165, 1.54) is 47.4 Å². The zero-order chi connectivity index (χ0) is 23.7. The molecule has 0 unspecified atom stereocenters. The maximum absolute atomic E-state index is 14.2. The fraction of sp³-hybridized carbons (Fsp3) is 0.111. The van der Waals surface area contributed by atoms with Crippen molar-refractivity contribution >= 4 is 28.3 Å². The average Bonchev–Trinajstić information content (AvgIpc) is 2.98. The van der Waals surface area contributed by atoms with Crippen molar-refractivity contribution in [1.29, 1.82) is 0 Å². The molecule has 4 aromatic rings. The Morgan fingerprint density at radius 1 is 0.912 bits per heavy atom. The number of hydrogen-bond donors (Lipinski definition) is 1. The van der Waals surface area contributed by atoms with Crippen LogP contribution in [0.5, 0.6) is 5.75 Å². The van der Waals surface area contributed by atoms with E-state index in [4.69, 9.17) is 4.74 Å². The molecule has 1 aliphatic rings. The molecule has 0 radical (unpaired) electrons. The predicted molar refractivity (Wildman–Crippen MR) is 124 cm³/mol. The molecule has 1 atom stereocenters. The number of rotatable bonds is 4. The van der Waals surface area contributed by atoms with Gasteiger partial charge in [0.2, 0.25) is 5.91 Å². The van der Waals surface area contributed by atoms with Crippen molar-refractivity contribution in [3.05, 3.63) is 108 Å². The topological polar surface area (TPSA) is 58.6 Å². The number of hydrogen-bond acceptors (Lipinski definition) is 3. The van der Waals surface area contributed by atoms with E-state index in [9.17, 15) is 18.4 Å².